The summed E-state index contributed by atoms with van der Waals surface area (Å²) in [5.41, 5.74) is 7.22. The van der Waals surface area contributed by atoms with Gasteiger partial charge in [0.15, 0.2) is 5.82 Å². The van der Waals surface area contributed by atoms with Crippen molar-refractivity contribution in [2.75, 3.05) is 31.2 Å². The Morgan fingerprint density at radius 2 is 2.14 bits per heavy atom. The van der Waals surface area contributed by atoms with Gasteiger partial charge in [0.25, 0.3) is 6.43 Å². The molecule has 29 heavy (non-hydrogen) atoms. The maximum atomic E-state index is 12.9. The van der Waals surface area contributed by atoms with Gasteiger partial charge in [-0.05, 0) is 13.0 Å². The molecule has 1 saturated heterocycles. The van der Waals surface area contributed by atoms with E-state index in [1.165, 1.54) is 6.07 Å². The Morgan fingerprint density at radius 3 is 2.86 bits per heavy atom. The van der Waals surface area contributed by atoms with Crippen molar-refractivity contribution >= 4 is 17.5 Å². The smallest absolute Gasteiger partial charge is 0.297 e. The van der Waals surface area contributed by atoms with E-state index in [0.29, 0.717) is 17.6 Å². The van der Waals surface area contributed by atoms with Gasteiger partial charge in [-0.25, -0.2) is 23.7 Å². The van der Waals surface area contributed by atoms with Gasteiger partial charge >= 0.3 is 0 Å². The number of nitrogens with one attached hydrogen (secondary N) is 2. The molecule has 1 atom stereocenters. The molecule has 0 saturated carbocycles. The summed E-state index contributed by atoms with van der Waals surface area (Å²) in [6.07, 6.45) is 3.57. The van der Waals surface area contributed by atoms with Gasteiger partial charge in [-0.3, -0.25) is 4.68 Å². The van der Waals surface area contributed by atoms with Crippen molar-refractivity contribution in [3.8, 4) is 16.9 Å². The Bertz CT molecular complexity index is 1000. The third-order valence-electron chi connectivity index (χ3n) is 4.62. The van der Waals surface area contributed by atoms with Crippen molar-refractivity contribution < 1.29 is 13.5 Å². The van der Waals surface area contributed by atoms with Crippen LogP contribution in [0.25, 0.3) is 11.1 Å². The zero-order valence-electron chi connectivity index (χ0n) is 15.6. The van der Waals surface area contributed by atoms with Crippen LogP contribution in [0.5, 0.6) is 5.75 Å². The van der Waals surface area contributed by atoms with E-state index in [1.54, 1.807) is 25.6 Å². The lowest BCUT2D eigenvalue weighted by Crippen LogP contribution is -2.13. The summed E-state index contributed by atoms with van der Waals surface area (Å²) >= 11 is 0. The minimum atomic E-state index is -2.82. The van der Waals surface area contributed by atoms with Crippen LogP contribution in [-0.2, 0) is 0 Å². The molecular formula is C18H20F2N8O. The molecule has 0 spiro atoms. The van der Waals surface area contributed by atoms with Crippen molar-refractivity contribution in [1.82, 2.24) is 30.0 Å². The standard InChI is InChI=1S/C18H20F2N8O/c1-29-13-4-15(26-16-5-14(21)25-18(27-16)17(19)20)23-8-12(13)10-6-24-28(9-10)11-2-3-22-7-11/h4-6,8-9,11,17,22H,2-3,7H2,1H3,(H3,21,23,25,26,27). The predicted octanol–water partition coefficient (Wildman–Crippen LogP) is 2.54. The third kappa shape index (κ3) is 4.09. The predicted molar refractivity (Wildman–Crippen MR) is 103 cm³/mol. The molecule has 3 aromatic rings. The second kappa shape index (κ2) is 7.95. The van der Waals surface area contributed by atoms with E-state index in [-0.39, 0.29) is 11.6 Å². The first-order chi connectivity index (χ1) is 14.0. The molecule has 3 aromatic heterocycles. The van der Waals surface area contributed by atoms with Gasteiger partial charge in [-0.2, -0.15) is 5.10 Å². The minimum absolute atomic E-state index is 0.0600. The number of nitrogens with two attached hydrogens (primary N) is 1. The van der Waals surface area contributed by atoms with Crippen molar-refractivity contribution in [2.45, 2.75) is 18.9 Å². The van der Waals surface area contributed by atoms with Crippen LogP contribution in [0.15, 0.2) is 30.7 Å². The molecule has 0 aliphatic carbocycles. The number of hydrogen-bond donors (Lipinski definition) is 3. The molecule has 1 unspecified atom stereocenters. The number of methoxy groups -OCH3 is 1. The normalized spacial score (nSPS) is 16.3. The number of nitrogens with zero attached hydrogens (tertiary/aromatic N) is 5. The molecule has 11 heteroatoms. The van der Waals surface area contributed by atoms with E-state index >= 15 is 0 Å². The average Bonchev–Trinajstić information content (AvgIpc) is 3.39. The van der Waals surface area contributed by atoms with Gasteiger partial charge in [0, 0.05) is 42.2 Å². The van der Waals surface area contributed by atoms with Crippen LogP contribution in [-0.4, -0.2) is 44.9 Å². The highest BCUT2D eigenvalue weighted by molar-refractivity contribution is 5.71. The molecule has 4 N–H and O–H groups in total. The summed E-state index contributed by atoms with van der Waals surface area (Å²) in [5.74, 6) is 0.343. The summed E-state index contributed by atoms with van der Waals surface area (Å²) in [4.78, 5) is 11.6. The molecule has 152 valence electrons. The maximum absolute atomic E-state index is 12.9. The van der Waals surface area contributed by atoms with Crippen LogP contribution in [0.1, 0.15) is 24.7 Å². The van der Waals surface area contributed by atoms with Crippen LogP contribution in [0, 0.1) is 0 Å². The molecule has 1 aliphatic heterocycles. The van der Waals surface area contributed by atoms with E-state index in [0.717, 1.165) is 30.6 Å². The number of aromatic nitrogens is 5. The number of halogens is 2. The lowest BCUT2D eigenvalue weighted by Gasteiger charge is -2.11. The molecule has 1 fully saturated rings. The first-order valence-corrected chi connectivity index (χ1v) is 9.02. The van der Waals surface area contributed by atoms with Gasteiger partial charge < -0.3 is 21.1 Å². The molecular weight excluding hydrogens is 382 g/mol. The van der Waals surface area contributed by atoms with Crippen molar-refractivity contribution in [1.29, 1.82) is 0 Å². The number of anilines is 3. The van der Waals surface area contributed by atoms with Crippen molar-refractivity contribution in [3.05, 3.63) is 36.5 Å². The van der Waals surface area contributed by atoms with Gasteiger partial charge in [0.05, 0.1) is 19.3 Å². The van der Waals surface area contributed by atoms with E-state index in [2.05, 4.69) is 30.7 Å². The topological polar surface area (TPSA) is 116 Å². The van der Waals surface area contributed by atoms with Crippen LogP contribution in [0.3, 0.4) is 0 Å². The van der Waals surface area contributed by atoms with Crippen LogP contribution >= 0.6 is 0 Å². The van der Waals surface area contributed by atoms with Gasteiger partial charge in [-0.15, -0.1) is 0 Å². The molecule has 4 heterocycles. The van der Waals surface area contributed by atoms with Crippen molar-refractivity contribution in [2.24, 2.45) is 0 Å². The molecule has 0 radical (unpaired) electrons. The Labute approximate surface area is 165 Å². The monoisotopic (exact) mass is 402 g/mol. The summed E-state index contributed by atoms with van der Waals surface area (Å²) in [5, 5.41) is 10.6. The Hall–Kier alpha value is -3.34. The number of rotatable bonds is 6. The van der Waals surface area contributed by atoms with Crippen LogP contribution in [0.4, 0.5) is 26.2 Å². The number of ether oxygens (including phenoxy) is 1. The second-order valence-corrected chi connectivity index (χ2v) is 6.59. The summed E-state index contributed by atoms with van der Waals surface area (Å²) < 4.78 is 33.2. The number of nitrogen functional groups attached to an aromatic ring is 1. The highest BCUT2D eigenvalue weighted by Crippen LogP contribution is 2.32. The average molecular weight is 402 g/mol. The van der Waals surface area contributed by atoms with Gasteiger partial charge in [-0.1, -0.05) is 0 Å². The summed E-state index contributed by atoms with van der Waals surface area (Å²) in [6, 6.07) is 3.34. The zero-order valence-corrected chi connectivity index (χ0v) is 15.6. The fraction of sp³-hybridized carbons (Fsp3) is 0.333. The maximum Gasteiger partial charge on any atom is 0.297 e. The third-order valence-corrected chi connectivity index (χ3v) is 4.62. The zero-order chi connectivity index (χ0) is 20.4. The first kappa shape index (κ1) is 19.0. The SMILES string of the molecule is COc1cc(Nc2cc(N)nc(C(F)F)n2)ncc1-c1cnn(C2CCNC2)c1. The lowest BCUT2D eigenvalue weighted by molar-refractivity contribution is 0.140. The highest BCUT2D eigenvalue weighted by Gasteiger charge is 2.19. The van der Waals surface area contributed by atoms with Crippen LogP contribution < -0.4 is 21.1 Å². The molecule has 0 bridgehead atoms. The fourth-order valence-electron chi connectivity index (χ4n) is 3.21. The van der Waals surface area contributed by atoms with E-state index < -0.39 is 12.2 Å². The first-order valence-electron chi connectivity index (χ1n) is 9.02. The Balaban J connectivity index is 1.59. The number of hydrogen-bond acceptors (Lipinski definition) is 8. The molecule has 0 aromatic carbocycles. The quantitative estimate of drug-likeness (QED) is 0.576. The summed E-state index contributed by atoms with van der Waals surface area (Å²) in [6.45, 7) is 1.87. The van der Waals surface area contributed by atoms with Gasteiger partial charge in [0.1, 0.15) is 23.2 Å². The number of pyridine rings is 1. The Kier molecular flexibility index (Phi) is 5.21. The van der Waals surface area contributed by atoms with Crippen LogP contribution in [0.2, 0.25) is 0 Å². The Morgan fingerprint density at radius 1 is 1.28 bits per heavy atom. The number of alkyl halides is 2. The van der Waals surface area contributed by atoms with Crippen molar-refractivity contribution in [3.63, 3.8) is 0 Å². The highest BCUT2D eigenvalue weighted by atomic mass is 19.3. The fourth-order valence-corrected chi connectivity index (χ4v) is 3.21. The lowest BCUT2D eigenvalue weighted by atomic mass is 10.1. The molecule has 1 aliphatic rings. The summed E-state index contributed by atoms with van der Waals surface area (Å²) in [7, 11) is 1.55. The van der Waals surface area contributed by atoms with E-state index in [1.807, 2.05) is 10.9 Å². The molecule has 9 nitrogen and oxygen atoms in total. The van der Waals surface area contributed by atoms with E-state index in [4.69, 9.17) is 10.5 Å². The molecule has 4 rings (SSSR count). The van der Waals surface area contributed by atoms with E-state index in [9.17, 15) is 8.78 Å². The largest absolute Gasteiger partial charge is 0.496 e. The van der Waals surface area contributed by atoms with Gasteiger partial charge in [0.2, 0.25) is 0 Å². The second-order valence-electron chi connectivity index (χ2n) is 6.59. The molecule has 0 amide bonds. The minimum Gasteiger partial charge on any atom is -0.496 e.